The highest BCUT2D eigenvalue weighted by atomic mass is 16.5. The second-order valence-corrected chi connectivity index (χ2v) is 6.81. The molecule has 0 bridgehead atoms. The number of ether oxygens (including phenoxy) is 1. The van der Waals surface area contributed by atoms with Crippen LogP contribution in [0.2, 0.25) is 0 Å². The molecule has 0 radical (unpaired) electrons. The standard InChI is InChI=1S/C23H24N4O3/c1-16(24-11-12-25-21-14-27(2)15-21)19-5-4-6-20(13-19)26-22(28)17-7-9-18(10-8-17)23(29)30-3/h4-16H,1-3H3,(H2-,24,25,26,28,29). The zero-order valence-corrected chi connectivity index (χ0v) is 17.1. The molecular weight excluding hydrogens is 380 g/mol. The van der Waals surface area contributed by atoms with Crippen molar-refractivity contribution in [1.82, 2.24) is 5.32 Å². The van der Waals surface area contributed by atoms with Gasteiger partial charge in [0.1, 0.15) is 7.05 Å². The largest absolute Gasteiger partial charge is 0.683 e. The van der Waals surface area contributed by atoms with Gasteiger partial charge in [-0.1, -0.05) is 30.7 Å². The maximum atomic E-state index is 12.5. The van der Waals surface area contributed by atoms with Crippen molar-refractivity contribution in [2.75, 3.05) is 19.5 Å². The van der Waals surface area contributed by atoms with Crippen molar-refractivity contribution < 1.29 is 18.9 Å². The summed E-state index contributed by atoms with van der Waals surface area (Å²) in [5, 5.41) is 10.5. The number of nitrogens with one attached hydrogen (secondary N) is 2. The molecule has 7 heteroatoms. The van der Waals surface area contributed by atoms with E-state index in [2.05, 4.69) is 20.7 Å². The Morgan fingerprint density at radius 1 is 1.13 bits per heavy atom. The first kappa shape index (κ1) is 20.9. The fourth-order valence-electron chi connectivity index (χ4n) is 2.85. The molecule has 3 rings (SSSR count). The lowest BCUT2D eigenvalue weighted by Crippen LogP contribution is -2.21. The summed E-state index contributed by atoms with van der Waals surface area (Å²) < 4.78 is 6.63. The zero-order valence-electron chi connectivity index (χ0n) is 17.1. The van der Waals surface area contributed by atoms with Crippen LogP contribution >= 0.6 is 0 Å². The number of hydrogen-bond acceptors (Lipinski definition) is 4. The van der Waals surface area contributed by atoms with Crippen LogP contribution in [0.3, 0.4) is 0 Å². The summed E-state index contributed by atoms with van der Waals surface area (Å²) in [5.41, 5.74) is 3.53. The van der Waals surface area contributed by atoms with E-state index in [0.717, 1.165) is 11.3 Å². The first-order valence-corrected chi connectivity index (χ1v) is 9.46. The molecule has 1 amide bonds. The van der Waals surface area contributed by atoms with Crippen molar-refractivity contribution >= 4 is 23.8 Å². The maximum Gasteiger partial charge on any atom is 0.337 e. The van der Waals surface area contributed by atoms with Gasteiger partial charge in [-0.2, -0.15) is 6.20 Å². The van der Waals surface area contributed by atoms with Gasteiger partial charge >= 0.3 is 5.97 Å². The van der Waals surface area contributed by atoms with Gasteiger partial charge in [0.15, 0.2) is 18.1 Å². The van der Waals surface area contributed by atoms with E-state index in [0.29, 0.717) is 16.8 Å². The SMILES string of the molecule is COC(=O)c1ccc(C(=O)Nc2cccc(C(C)[N-]C=CNC3=C[N+](C)=C3)c2)cc1. The highest BCUT2D eigenvalue weighted by Gasteiger charge is 2.10. The Balaban J connectivity index is 1.56. The summed E-state index contributed by atoms with van der Waals surface area (Å²) >= 11 is 0. The Morgan fingerprint density at radius 2 is 1.83 bits per heavy atom. The van der Waals surface area contributed by atoms with E-state index in [1.807, 2.05) is 55.2 Å². The first-order valence-electron chi connectivity index (χ1n) is 9.46. The molecule has 1 unspecified atom stereocenters. The molecule has 2 aromatic rings. The number of nitrogens with zero attached hydrogens (tertiary/aromatic N) is 2. The van der Waals surface area contributed by atoms with Gasteiger partial charge in [0.25, 0.3) is 5.91 Å². The molecule has 0 fully saturated rings. The average molecular weight is 404 g/mol. The van der Waals surface area contributed by atoms with Crippen LogP contribution in [0.5, 0.6) is 0 Å². The summed E-state index contributed by atoms with van der Waals surface area (Å²) in [7, 11) is 3.28. The first-order chi connectivity index (χ1) is 14.5. The van der Waals surface area contributed by atoms with Gasteiger partial charge in [0.2, 0.25) is 0 Å². The van der Waals surface area contributed by atoms with Crippen LogP contribution in [0.15, 0.2) is 72.8 Å². The number of benzene rings is 2. The molecule has 0 aliphatic carbocycles. The molecule has 1 atom stereocenters. The number of carbonyl (C=O) groups excluding carboxylic acids is 2. The second kappa shape index (κ2) is 9.56. The third-order valence-electron chi connectivity index (χ3n) is 4.51. The molecule has 0 aromatic heterocycles. The topological polar surface area (TPSA) is 84.5 Å². The van der Waals surface area contributed by atoms with Crippen LogP contribution < -0.4 is 10.6 Å². The summed E-state index contributed by atoms with van der Waals surface area (Å²) in [4.78, 5) is 24.0. The van der Waals surface area contributed by atoms with Gasteiger partial charge in [-0.05, 0) is 42.6 Å². The molecule has 1 aliphatic heterocycles. The van der Waals surface area contributed by atoms with Crippen molar-refractivity contribution in [3.05, 3.63) is 94.8 Å². The number of methoxy groups -OCH3 is 1. The normalized spacial score (nSPS) is 13.6. The van der Waals surface area contributed by atoms with Gasteiger partial charge in [-0.15, -0.1) is 0 Å². The number of rotatable bonds is 8. The zero-order chi connectivity index (χ0) is 21.5. The van der Waals surface area contributed by atoms with E-state index in [9.17, 15) is 9.59 Å². The molecule has 0 saturated carbocycles. The number of allylic oxidation sites excluding steroid dienone is 1. The summed E-state index contributed by atoms with van der Waals surface area (Å²) in [5.74, 6) is -0.696. The number of esters is 1. The van der Waals surface area contributed by atoms with Gasteiger partial charge < -0.3 is 20.7 Å². The predicted molar refractivity (Wildman–Crippen MR) is 117 cm³/mol. The van der Waals surface area contributed by atoms with Gasteiger partial charge in [-0.3, -0.25) is 4.79 Å². The lowest BCUT2D eigenvalue weighted by atomic mass is 10.1. The highest BCUT2D eigenvalue weighted by molar-refractivity contribution is 6.04. The minimum Gasteiger partial charge on any atom is -0.683 e. The van der Waals surface area contributed by atoms with Crippen molar-refractivity contribution in [2.45, 2.75) is 13.0 Å². The van der Waals surface area contributed by atoms with Crippen LogP contribution in [0, 0.1) is 0 Å². The molecular formula is C23H24N4O3. The van der Waals surface area contributed by atoms with Gasteiger partial charge in [0, 0.05) is 11.3 Å². The van der Waals surface area contributed by atoms with Crippen LogP contribution in [0.25, 0.3) is 5.32 Å². The quantitative estimate of drug-likeness (QED) is 0.518. The molecule has 154 valence electrons. The molecule has 1 aliphatic rings. The van der Waals surface area contributed by atoms with E-state index in [1.165, 1.54) is 7.11 Å². The molecule has 2 N–H and O–H groups in total. The molecule has 0 saturated heterocycles. The van der Waals surface area contributed by atoms with Crippen LogP contribution in [-0.4, -0.2) is 36.8 Å². The minimum absolute atomic E-state index is 0.0683. The van der Waals surface area contributed by atoms with E-state index in [-0.39, 0.29) is 11.9 Å². The highest BCUT2D eigenvalue weighted by Crippen LogP contribution is 2.24. The molecule has 1 heterocycles. The summed E-state index contributed by atoms with van der Waals surface area (Å²) in [6, 6.07) is 13.8. The third kappa shape index (κ3) is 5.35. The number of anilines is 1. The average Bonchev–Trinajstić information content (AvgIpc) is 2.74. The molecule has 7 nitrogen and oxygen atoms in total. The predicted octanol–water partition coefficient (Wildman–Crippen LogP) is 3.79. The van der Waals surface area contributed by atoms with E-state index in [1.54, 1.807) is 36.7 Å². The Kier molecular flexibility index (Phi) is 6.64. The van der Waals surface area contributed by atoms with Gasteiger partial charge in [0.05, 0.1) is 12.7 Å². The van der Waals surface area contributed by atoms with Crippen LogP contribution in [-0.2, 0) is 4.74 Å². The number of carbonyl (C=O) groups is 2. The van der Waals surface area contributed by atoms with E-state index >= 15 is 0 Å². The Bertz CT molecular complexity index is 1020. The fourth-order valence-corrected chi connectivity index (χ4v) is 2.85. The van der Waals surface area contributed by atoms with Crippen molar-refractivity contribution in [1.29, 1.82) is 0 Å². The Morgan fingerprint density at radius 3 is 2.50 bits per heavy atom. The van der Waals surface area contributed by atoms with Gasteiger partial charge in [-0.25, -0.2) is 9.37 Å². The number of amides is 1. The van der Waals surface area contributed by atoms with Crippen molar-refractivity contribution in [3.8, 4) is 0 Å². The minimum atomic E-state index is -0.438. The Hall–Kier alpha value is -3.87. The molecule has 2 aromatic carbocycles. The molecule has 30 heavy (non-hydrogen) atoms. The Labute approximate surface area is 175 Å². The summed E-state index contributed by atoms with van der Waals surface area (Å²) in [6.45, 7) is 1.99. The van der Waals surface area contributed by atoms with Crippen LogP contribution in [0.1, 0.15) is 39.2 Å². The van der Waals surface area contributed by atoms with Crippen LogP contribution in [0.4, 0.5) is 5.69 Å². The van der Waals surface area contributed by atoms with E-state index in [4.69, 9.17) is 0 Å². The monoisotopic (exact) mass is 404 g/mol. The van der Waals surface area contributed by atoms with Crippen molar-refractivity contribution in [3.63, 3.8) is 0 Å². The summed E-state index contributed by atoms with van der Waals surface area (Å²) in [6.07, 6.45) is 7.47. The number of hydrogen-bond donors (Lipinski definition) is 2. The fraction of sp³-hybridized carbons (Fsp3) is 0.174. The maximum absolute atomic E-state index is 12.5. The van der Waals surface area contributed by atoms with Crippen molar-refractivity contribution in [2.24, 2.45) is 0 Å². The molecule has 0 spiro atoms. The second-order valence-electron chi connectivity index (χ2n) is 6.81. The lowest BCUT2D eigenvalue weighted by molar-refractivity contribution is -0.429. The lowest BCUT2D eigenvalue weighted by Gasteiger charge is -2.26. The van der Waals surface area contributed by atoms with E-state index < -0.39 is 5.97 Å². The smallest absolute Gasteiger partial charge is 0.337 e. The third-order valence-corrected chi connectivity index (χ3v) is 4.51.